The van der Waals surface area contributed by atoms with Gasteiger partial charge in [-0.3, -0.25) is 4.79 Å². The van der Waals surface area contributed by atoms with Crippen LogP contribution in [0.2, 0.25) is 0 Å². The van der Waals surface area contributed by atoms with Crippen LogP contribution in [0.5, 0.6) is 0 Å². The van der Waals surface area contributed by atoms with E-state index in [1.165, 1.54) is 36.4 Å². The van der Waals surface area contributed by atoms with Gasteiger partial charge in [0.05, 0.1) is 22.3 Å². The van der Waals surface area contributed by atoms with E-state index >= 15 is 0 Å². The molecule has 0 saturated carbocycles. The molecule has 0 unspecified atom stereocenters. The van der Waals surface area contributed by atoms with Crippen molar-refractivity contribution in [2.75, 3.05) is 6.61 Å². The molecule has 0 spiro atoms. The molecule has 262 valence electrons. The molecular weight excluding hydrogens is 685 g/mol. The van der Waals surface area contributed by atoms with Crippen molar-refractivity contribution >= 4 is 41.9 Å². The summed E-state index contributed by atoms with van der Waals surface area (Å²) in [5.41, 5.74) is 0.657. The van der Waals surface area contributed by atoms with Crippen LogP contribution in [-0.4, -0.2) is 66.1 Å². The minimum atomic E-state index is -2.12. The zero-order chi connectivity index (χ0) is 36.3. The first kappa shape index (κ1) is 35.8. The summed E-state index contributed by atoms with van der Waals surface area (Å²) in [4.78, 5) is 66.3. The van der Waals surface area contributed by atoms with Gasteiger partial charge in [-0.1, -0.05) is 103 Å². The van der Waals surface area contributed by atoms with Crippen LogP contribution < -0.4 is 0 Å². The minimum Gasteiger partial charge on any atom is -0.459 e. The fraction of sp³-hybridized carbons (Fsp3) is 0.146. The summed E-state index contributed by atoms with van der Waals surface area (Å²) in [6.45, 7) is -0.551. The number of ether oxygens (including phenoxy) is 5. The van der Waals surface area contributed by atoms with Crippen LogP contribution in [0.4, 0.5) is 0 Å². The Balaban J connectivity index is 1.47. The molecule has 10 nitrogen and oxygen atoms in total. The number of carbonyl (C=O) groups is 5. The molecule has 0 aromatic heterocycles. The molecule has 1 fully saturated rings. The topological polar surface area (TPSA) is 132 Å². The summed E-state index contributed by atoms with van der Waals surface area (Å²) < 4.78 is 30.4. The number of aldehydes is 1. The molecule has 1 saturated heterocycles. The highest BCUT2D eigenvalue weighted by atomic mass is 32.2. The molecule has 5 aromatic carbocycles. The summed E-state index contributed by atoms with van der Waals surface area (Å²) in [6, 6.07) is 40.9. The van der Waals surface area contributed by atoms with Crippen LogP contribution in [-0.2, 0) is 28.5 Å². The van der Waals surface area contributed by atoms with Crippen LogP contribution in [0.1, 0.15) is 41.4 Å². The Hall–Kier alpha value is -6.04. The predicted octanol–water partition coefficient (Wildman–Crippen LogP) is 6.61. The van der Waals surface area contributed by atoms with Crippen molar-refractivity contribution < 1.29 is 47.7 Å². The van der Waals surface area contributed by atoms with Crippen molar-refractivity contribution in [1.82, 2.24) is 0 Å². The first-order valence-electron chi connectivity index (χ1n) is 16.3. The standard InChI is InChI=1S/C41H32O10S/c42-27-41(52-32-24-14-5-15-25-32)36(50-40(46)31-22-12-4-13-23-31)35(49-39(45)30-20-10-3-11-21-30)34(48-38(44)29-18-8-2-9-19-29)33(51-41)26-47-37(43)28-16-6-1-7-17-28/h1-25,27,33-36H,26H2/t33-,34+,35+,36-,41-/m1/s1. The highest BCUT2D eigenvalue weighted by Gasteiger charge is 2.61. The van der Waals surface area contributed by atoms with Crippen molar-refractivity contribution in [2.45, 2.75) is 34.2 Å². The first-order chi connectivity index (χ1) is 25.4. The second-order valence-electron chi connectivity index (χ2n) is 11.5. The number of esters is 4. The zero-order valence-corrected chi connectivity index (χ0v) is 28.3. The summed E-state index contributed by atoms with van der Waals surface area (Å²) >= 11 is 0.896. The highest BCUT2D eigenvalue weighted by Crippen LogP contribution is 2.45. The van der Waals surface area contributed by atoms with Crippen molar-refractivity contribution in [3.05, 3.63) is 174 Å². The average molecular weight is 717 g/mol. The van der Waals surface area contributed by atoms with Gasteiger partial charge in [0, 0.05) is 4.90 Å². The van der Waals surface area contributed by atoms with E-state index in [-0.39, 0.29) is 22.3 Å². The van der Waals surface area contributed by atoms with Gasteiger partial charge >= 0.3 is 23.9 Å². The number of benzene rings is 5. The Morgan fingerprint density at radius 3 is 1.37 bits per heavy atom. The molecule has 1 aliphatic rings. The van der Waals surface area contributed by atoms with Crippen molar-refractivity contribution in [3.8, 4) is 0 Å². The molecule has 1 heterocycles. The van der Waals surface area contributed by atoms with E-state index in [9.17, 15) is 24.0 Å². The van der Waals surface area contributed by atoms with E-state index < -0.39 is 59.8 Å². The third-order valence-corrected chi connectivity index (χ3v) is 9.29. The second-order valence-corrected chi connectivity index (χ2v) is 12.9. The van der Waals surface area contributed by atoms with Gasteiger partial charge in [0.15, 0.2) is 24.6 Å². The van der Waals surface area contributed by atoms with Crippen LogP contribution in [0.25, 0.3) is 0 Å². The Kier molecular flexibility index (Phi) is 11.5. The second kappa shape index (κ2) is 16.8. The predicted molar refractivity (Wildman–Crippen MR) is 190 cm³/mol. The van der Waals surface area contributed by atoms with Crippen molar-refractivity contribution in [1.29, 1.82) is 0 Å². The number of rotatable bonds is 12. The third kappa shape index (κ3) is 8.45. The lowest BCUT2D eigenvalue weighted by Crippen LogP contribution is -2.67. The fourth-order valence-electron chi connectivity index (χ4n) is 5.51. The fourth-order valence-corrected chi connectivity index (χ4v) is 6.69. The van der Waals surface area contributed by atoms with E-state index in [2.05, 4.69) is 0 Å². The molecule has 5 atom stereocenters. The monoisotopic (exact) mass is 716 g/mol. The maximum absolute atomic E-state index is 13.8. The zero-order valence-electron chi connectivity index (χ0n) is 27.5. The molecule has 52 heavy (non-hydrogen) atoms. The quantitative estimate of drug-likeness (QED) is 0.0786. The maximum Gasteiger partial charge on any atom is 0.338 e. The van der Waals surface area contributed by atoms with Gasteiger partial charge in [-0.15, -0.1) is 0 Å². The van der Waals surface area contributed by atoms with Crippen molar-refractivity contribution in [3.63, 3.8) is 0 Å². The van der Waals surface area contributed by atoms with Gasteiger partial charge in [0.25, 0.3) is 0 Å². The molecule has 6 rings (SSSR count). The lowest BCUT2D eigenvalue weighted by molar-refractivity contribution is -0.232. The molecule has 0 amide bonds. The molecule has 0 bridgehead atoms. The van der Waals surface area contributed by atoms with E-state index in [4.69, 9.17) is 23.7 Å². The Bertz CT molecular complexity index is 1980. The number of carbonyl (C=O) groups excluding carboxylic acids is 5. The Morgan fingerprint density at radius 1 is 0.538 bits per heavy atom. The smallest absolute Gasteiger partial charge is 0.338 e. The van der Waals surface area contributed by atoms with Gasteiger partial charge in [0.2, 0.25) is 4.93 Å². The lowest BCUT2D eigenvalue weighted by atomic mass is 9.93. The van der Waals surface area contributed by atoms with Crippen LogP contribution in [0.3, 0.4) is 0 Å². The molecule has 0 aliphatic carbocycles. The molecule has 0 radical (unpaired) electrons. The number of hydrogen-bond acceptors (Lipinski definition) is 11. The van der Waals surface area contributed by atoms with Crippen LogP contribution in [0, 0.1) is 0 Å². The van der Waals surface area contributed by atoms with E-state index in [1.54, 1.807) is 115 Å². The van der Waals surface area contributed by atoms with E-state index in [0.717, 1.165) is 11.8 Å². The lowest BCUT2D eigenvalue weighted by Gasteiger charge is -2.48. The van der Waals surface area contributed by atoms with Crippen LogP contribution in [0.15, 0.2) is 157 Å². The normalized spacial score (nSPS) is 20.8. The van der Waals surface area contributed by atoms with Gasteiger partial charge in [0.1, 0.15) is 12.7 Å². The number of thioether (sulfide) groups is 1. The average Bonchev–Trinajstić information content (AvgIpc) is 3.20. The maximum atomic E-state index is 13.8. The summed E-state index contributed by atoms with van der Waals surface area (Å²) in [5, 5.41) is 0. The van der Waals surface area contributed by atoms with Gasteiger partial charge in [-0.25, -0.2) is 19.2 Å². The summed E-state index contributed by atoms with van der Waals surface area (Å²) in [6.07, 6.45) is -5.91. The van der Waals surface area contributed by atoms with Gasteiger partial charge in [-0.2, -0.15) is 0 Å². The van der Waals surface area contributed by atoms with Crippen molar-refractivity contribution in [2.24, 2.45) is 0 Å². The first-order valence-corrected chi connectivity index (χ1v) is 17.1. The highest BCUT2D eigenvalue weighted by molar-refractivity contribution is 8.01. The minimum absolute atomic E-state index is 0.134. The Morgan fingerprint density at radius 2 is 0.923 bits per heavy atom. The third-order valence-electron chi connectivity index (χ3n) is 8.04. The molecule has 5 aromatic rings. The summed E-state index contributed by atoms with van der Waals surface area (Å²) in [5.74, 6) is -3.28. The van der Waals surface area contributed by atoms with Crippen LogP contribution >= 0.6 is 11.8 Å². The van der Waals surface area contributed by atoms with Gasteiger partial charge in [-0.05, 0) is 60.7 Å². The van der Waals surface area contributed by atoms with E-state index in [0.29, 0.717) is 11.2 Å². The molecule has 0 N–H and O–H groups in total. The number of hydrogen-bond donors (Lipinski definition) is 0. The SMILES string of the molecule is O=C[C@]1(Sc2ccccc2)O[C@H](COC(=O)c2ccccc2)[C@H](OC(=O)c2ccccc2)[C@H](OC(=O)c2ccccc2)[C@H]1OC(=O)c1ccccc1. The molecule has 11 heteroatoms. The summed E-state index contributed by atoms with van der Waals surface area (Å²) in [7, 11) is 0. The Labute approximate surface area is 303 Å². The van der Waals surface area contributed by atoms with E-state index in [1.807, 2.05) is 0 Å². The molecule has 1 aliphatic heterocycles. The largest absolute Gasteiger partial charge is 0.459 e. The molecular formula is C41H32O10S. The van der Waals surface area contributed by atoms with Gasteiger partial charge < -0.3 is 23.7 Å².